The highest BCUT2D eigenvalue weighted by Crippen LogP contribution is 2.16. The molecule has 0 unspecified atom stereocenters. The first-order valence-electron chi connectivity index (χ1n) is 5.69. The van der Waals surface area contributed by atoms with Gasteiger partial charge in [0.2, 0.25) is 0 Å². The van der Waals surface area contributed by atoms with Crippen molar-refractivity contribution in [3.8, 4) is 0 Å². The molecule has 0 aromatic carbocycles. The number of rotatable bonds is 3. The molecule has 0 aromatic rings. The highest BCUT2D eigenvalue weighted by molar-refractivity contribution is 4.70. The first-order chi connectivity index (χ1) is 6.35. The van der Waals surface area contributed by atoms with E-state index in [9.17, 15) is 0 Å². The Morgan fingerprint density at radius 1 is 1.23 bits per heavy atom. The molecule has 2 heteroatoms. The second-order valence-electron chi connectivity index (χ2n) is 3.62. The minimum Gasteiger partial charge on any atom is -0.396 e. The van der Waals surface area contributed by atoms with Gasteiger partial charge in [0, 0.05) is 14.1 Å². The molecule has 2 nitrogen and oxygen atoms in total. The van der Waals surface area contributed by atoms with E-state index in [1.54, 1.807) is 0 Å². The van der Waals surface area contributed by atoms with E-state index >= 15 is 0 Å². The largest absolute Gasteiger partial charge is 0.396 e. The van der Waals surface area contributed by atoms with Crippen molar-refractivity contribution in [1.82, 2.24) is 5.32 Å². The lowest BCUT2D eigenvalue weighted by Gasteiger charge is -2.21. The van der Waals surface area contributed by atoms with Crippen molar-refractivity contribution in [3.63, 3.8) is 0 Å². The van der Waals surface area contributed by atoms with Gasteiger partial charge in [-0.25, -0.2) is 0 Å². The van der Waals surface area contributed by atoms with Gasteiger partial charge < -0.3 is 10.4 Å². The van der Waals surface area contributed by atoms with Crippen LogP contribution in [0.5, 0.6) is 0 Å². The van der Waals surface area contributed by atoms with Crippen LogP contribution in [0.15, 0.2) is 0 Å². The number of hydrogen-bond acceptors (Lipinski definition) is 2. The maximum atomic E-state index is 7.88. The average molecular weight is 189 g/mol. The SMILES string of the molecule is CCCO.CCNC1CCCCC1.[HH]. The monoisotopic (exact) mass is 189 g/mol. The molecule has 2 N–H and O–H groups in total. The van der Waals surface area contributed by atoms with E-state index in [-0.39, 0.29) is 1.43 Å². The van der Waals surface area contributed by atoms with Crippen LogP contribution in [-0.4, -0.2) is 24.3 Å². The predicted octanol–water partition coefficient (Wildman–Crippen LogP) is 2.56. The standard InChI is InChI=1S/C8H17N.C3H8O.H2/c1-2-9-8-6-4-3-5-7-8;1-2-3-4;/h8-9H,2-7H2,1H3;4H,2-3H2,1H3;1H. The summed E-state index contributed by atoms with van der Waals surface area (Å²) in [4.78, 5) is 0. The molecular formula is C11H27NO. The van der Waals surface area contributed by atoms with Crippen LogP contribution in [0, 0.1) is 0 Å². The van der Waals surface area contributed by atoms with Gasteiger partial charge in [-0.15, -0.1) is 0 Å². The van der Waals surface area contributed by atoms with Crippen LogP contribution < -0.4 is 5.32 Å². The Labute approximate surface area is 84.2 Å². The summed E-state index contributed by atoms with van der Waals surface area (Å²) in [5.41, 5.74) is 0. The van der Waals surface area contributed by atoms with Crippen molar-refractivity contribution >= 4 is 0 Å². The topological polar surface area (TPSA) is 32.3 Å². The summed E-state index contributed by atoms with van der Waals surface area (Å²) >= 11 is 0. The van der Waals surface area contributed by atoms with Gasteiger partial charge in [-0.3, -0.25) is 0 Å². The Bertz CT molecular complexity index is 90.5. The Morgan fingerprint density at radius 2 is 1.77 bits per heavy atom. The summed E-state index contributed by atoms with van der Waals surface area (Å²) in [5, 5.41) is 11.4. The maximum absolute atomic E-state index is 7.88. The summed E-state index contributed by atoms with van der Waals surface area (Å²) in [7, 11) is 0. The zero-order valence-electron chi connectivity index (χ0n) is 9.18. The second-order valence-corrected chi connectivity index (χ2v) is 3.62. The molecule has 0 radical (unpaired) electrons. The molecule has 0 saturated heterocycles. The Kier molecular flexibility index (Phi) is 9.94. The van der Waals surface area contributed by atoms with E-state index in [1.165, 1.54) is 32.1 Å². The van der Waals surface area contributed by atoms with Crippen LogP contribution in [0.25, 0.3) is 0 Å². The van der Waals surface area contributed by atoms with Gasteiger partial charge in [0.15, 0.2) is 0 Å². The van der Waals surface area contributed by atoms with Gasteiger partial charge in [-0.2, -0.15) is 0 Å². The summed E-state index contributed by atoms with van der Waals surface area (Å²) in [6, 6.07) is 0.851. The molecule has 0 aliphatic heterocycles. The number of aliphatic hydroxyl groups excluding tert-OH is 1. The number of aliphatic hydroxyl groups is 1. The average Bonchev–Trinajstić information content (AvgIpc) is 2.20. The van der Waals surface area contributed by atoms with Crippen molar-refractivity contribution in [2.45, 2.75) is 58.4 Å². The fourth-order valence-corrected chi connectivity index (χ4v) is 1.60. The van der Waals surface area contributed by atoms with Crippen molar-refractivity contribution < 1.29 is 6.53 Å². The van der Waals surface area contributed by atoms with Crippen molar-refractivity contribution in [2.75, 3.05) is 13.2 Å². The minimum absolute atomic E-state index is 0. The van der Waals surface area contributed by atoms with Crippen LogP contribution in [0.1, 0.15) is 53.8 Å². The van der Waals surface area contributed by atoms with E-state index in [2.05, 4.69) is 12.2 Å². The van der Waals surface area contributed by atoms with Crippen LogP contribution in [-0.2, 0) is 0 Å². The minimum atomic E-state index is 0. The molecule has 1 rings (SSSR count). The van der Waals surface area contributed by atoms with Gasteiger partial charge in [0.25, 0.3) is 0 Å². The zero-order valence-corrected chi connectivity index (χ0v) is 9.18. The lowest BCUT2D eigenvalue weighted by Crippen LogP contribution is -2.30. The smallest absolute Gasteiger partial charge is 0.0428 e. The van der Waals surface area contributed by atoms with E-state index in [4.69, 9.17) is 5.11 Å². The Hall–Kier alpha value is -0.0800. The summed E-state index contributed by atoms with van der Waals surface area (Å²) < 4.78 is 0. The lowest BCUT2D eigenvalue weighted by molar-refractivity contribution is 0.295. The van der Waals surface area contributed by atoms with Gasteiger partial charge in [-0.1, -0.05) is 33.1 Å². The maximum Gasteiger partial charge on any atom is 0.0428 e. The molecule has 0 spiro atoms. The molecule has 0 amide bonds. The molecule has 1 aliphatic carbocycles. The van der Waals surface area contributed by atoms with Gasteiger partial charge >= 0.3 is 0 Å². The molecule has 1 fully saturated rings. The quantitative estimate of drug-likeness (QED) is 0.715. The van der Waals surface area contributed by atoms with Crippen molar-refractivity contribution in [3.05, 3.63) is 0 Å². The third-order valence-electron chi connectivity index (χ3n) is 2.32. The van der Waals surface area contributed by atoms with Crippen LogP contribution in [0.3, 0.4) is 0 Å². The zero-order chi connectivity index (χ0) is 9.94. The summed E-state index contributed by atoms with van der Waals surface area (Å²) in [6.07, 6.45) is 8.04. The summed E-state index contributed by atoms with van der Waals surface area (Å²) in [5.74, 6) is 0. The molecule has 0 bridgehead atoms. The lowest BCUT2D eigenvalue weighted by atomic mass is 9.96. The fourth-order valence-electron chi connectivity index (χ4n) is 1.60. The highest BCUT2D eigenvalue weighted by Gasteiger charge is 2.10. The van der Waals surface area contributed by atoms with E-state index in [1.807, 2.05) is 6.92 Å². The third-order valence-corrected chi connectivity index (χ3v) is 2.32. The predicted molar refractivity (Wildman–Crippen MR) is 60.0 cm³/mol. The van der Waals surface area contributed by atoms with Crippen molar-refractivity contribution in [1.29, 1.82) is 0 Å². The van der Waals surface area contributed by atoms with Gasteiger partial charge in [-0.05, 0) is 25.8 Å². The van der Waals surface area contributed by atoms with E-state index in [0.717, 1.165) is 19.0 Å². The molecule has 0 heterocycles. The fraction of sp³-hybridized carbons (Fsp3) is 1.00. The normalized spacial score (nSPS) is 17.8. The number of hydrogen-bond donors (Lipinski definition) is 2. The van der Waals surface area contributed by atoms with Crippen LogP contribution in [0.2, 0.25) is 0 Å². The molecular weight excluding hydrogens is 162 g/mol. The molecule has 1 saturated carbocycles. The van der Waals surface area contributed by atoms with Gasteiger partial charge in [0.1, 0.15) is 0 Å². The molecule has 0 atom stereocenters. The Morgan fingerprint density at radius 3 is 2.15 bits per heavy atom. The highest BCUT2D eigenvalue weighted by atomic mass is 16.2. The summed E-state index contributed by atoms with van der Waals surface area (Å²) in [6.45, 7) is 5.58. The molecule has 82 valence electrons. The van der Waals surface area contributed by atoms with Crippen LogP contribution >= 0.6 is 0 Å². The molecule has 1 aliphatic rings. The van der Waals surface area contributed by atoms with Crippen molar-refractivity contribution in [2.24, 2.45) is 0 Å². The van der Waals surface area contributed by atoms with E-state index < -0.39 is 0 Å². The van der Waals surface area contributed by atoms with Gasteiger partial charge in [0.05, 0.1) is 0 Å². The first-order valence-corrected chi connectivity index (χ1v) is 5.69. The van der Waals surface area contributed by atoms with E-state index in [0.29, 0.717) is 6.61 Å². The Balaban J connectivity index is 0. The molecule has 0 aromatic heterocycles. The first kappa shape index (κ1) is 12.9. The second kappa shape index (κ2) is 10.0. The number of nitrogens with one attached hydrogen (secondary N) is 1. The third kappa shape index (κ3) is 8.26. The molecule has 13 heavy (non-hydrogen) atoms. The van der Waals surface area contributed by atoms with Crippen LogP contribution in [0.4, 0.5) is 0 Å².